The number of carboxylic acids is 1. The van der Waals surface area contributed by atoms with Crippen molar-refractivity contribution < 1.29 is 38.5 Å². The van der Waals surface area contributed by atoms with Crippen molar-refractivity contribution in [3.05, 3.63) is 53.8 Å². The normalized spacial score (nSPS) is 30.0. The number of urea groups is 1. The molecule has 2 aromatic rings. The van der Waals surface area contributed by atoms with E-state index >= 15 is 0 Å². The van der Waals surface area contributed by atoms with Crippen LogP contribution in [0.2, 0.25) is 0 Å². The Labute approximate surface area is 271 Å². The standard InChI is InChI=1S/C33H38N4O8S/c1-18-25-28(38)37(32(2,3)30(39)40)31(41)36(29(25)46-26(18)27-35-11-12-44-27)17-24(22-7-5-6-8-23(22)43-4)45-21-13-19-15-33(42,9-10-34)16-20(19)14-21/h5-8,11-12,19-21,24-25,29,42H,9,13-17H2,1-4H3,(H,39,40)/t19-,20+,21?,24?,25?,29?,33?. The minimum atomic E-state index is -1.82. The molecule has 3 fully saturated rings. The lowest BCUT2D eigenvalue weighted by Gasteiger charge is -2.47. The number of fused-ring (bicyclic) bond motifs is 2. The van der Waals surface area contributed by atoms with E-state index < -0.39 is 46.4 Å². The number of aliphatic carboxylic acids is 1. The summed E-state index contributed by atoms with van der Waals surface area (Å²) in [5.74, 6) is -1.39. The summed E-state index contributed by atoms with van der Waals surface area (Å²) in [7, 11) is 1.56. The van der Waals surface area contributed by atoms with E-state index in [9.17, 15) is 29.9 Å². The number of carboxylic acid groups (broad SMARTS) is 1. The number of aromatic nitrogens is 1. The summed E-state index contributed by atoms with van der Waals surface area (Å²) in [5, 5.41) is 29.5. The molecule has 1 aromatic carbocycles. The number of imide groups is 1. The maximum Gasteiger partial charge on any atom is 0.329 e. The molecule has 0 spiro atoms. The van der Waals surface area contributed by atoms with Gasteiger partial charge in [-0.3, -0.25) is 4.79 Å². The van der Waals surface area contributed by atoms with Gasteiger partial charge < -0.3 is 29.0 Å². The van der Waals surface area contributed by atoms with Gasteiger partial charge in [-0.05, 0) is 69.9 Å². The topological polar surface area (TPSA) is 166 Å². The second kappa shape index (κ2) is 12.1. The van der Waals surface area contributed by atoms with Gasteiger partial charge in [-0.15, -0.1) is 0 Å². The summed E-state index contributed by atoms with van der Waals surface area (Å²) in [4.78, 5) is 48.0. The Morgan fingerprint density at radius 3 is 2.57 bits per heavy atom. The SMILES string of the molecule is COc1ccccc1C(CN1C(=O)N(C(C)(C)C(=O)O)C(=O)C2C(C)=C(c3ncco3)SC21)OC1C[C@@H]2CC(O)(CC#N)C[C@@H]2C1. The number of para-hydroxylation sites is 1. The fraction of sp³-hybridized carbons (Fsp3) is 0.545. The summed E-state index contributed by atoms with van der Waals surface area (Å²) >= 11 is 1.30. The first kappa shape index (κ1) is 32.1. The molecule has 5 unspecified atom stereocenters. The van der Waals surface area contributed by atoms with Crippen LogP contribution in [0, 0.1) is 29.1 Å². The van der Waals surface area contributed by atoms with Gasteiger partial charge in [0.05, 0.1) is 60.2 Å². The first-order valence-corrected chi connectivity index (χ1v) is 16.3. The lowest BCUT2D eigenvalue weighted by Crippen LogP contribution is -2.67. The van der Waals surface area contributed by atoms with Crippen molar-refractivity contribution in [2.75, 3.05) is 13.7 Å². The minimum absolute atomic E-state index is 0.0171. The molecular formula is C33H38N4O8S. The predicted molar refractivity (Wildman–Crippen MR) is 166 cm³/mol. The lowest BCUT2D eigenvalue weighted by molar-refractivity contribution is -0.157. The van der Waals surface area contributed by atoms with Crippen molar-refractivity contribution in [1.82, 2.24) is 14.8 Å². The van der Waals surface area contributed by atoms with Crippen LogP contribution in [-0.2, 0) is 14.3 Å². The highest BCUT2D eigenvalue weighted by Gasteiger charge is 2.58. The molecule has 13 heteroatoms. The second-order valence-electron chi connectivity index (χ2n) is 13.3. The van der Waals surface area contributed by atoms with E-state index in [1.54, 1.807) is 18.9 Å². The van der Waals surface area contributed by atoms with Crippen molar-refractivity contribution in [3.63, 3.8) is 0 Å². The average molecular weight is 651 g/mol. The lowest BCUT2D eigenvalue weighted by atomic mass is 9.91. The number of oxazole rings is 1. The number of carbonyl (C=O) groups is 3. The molecule has 7 atom stereocenters. The predicted octanol–water partition coefficient (Wildman–Crippen LogP) is 4.82. The molecule has 0 bridgehead atoms. The van der Waals surface area contributed by atoms with Crippen LogP contribution in [0.15, 0.2) is 46.7 Å². The Bertz CT molecular complexity index is 1590. The molecule has 1 saturated heterocycles. The van der Waals surface area contributed by atoms with Crippen LogP contribution in [0.5, 0.6) is 5.75 Å². The summed E-state index contributed by atoms with van der Waals surface area (Å²) in [5.41, 5.74) is -1.43. The molecule has 6 rings (SSSR count). The van der Waals surface area contributed by atoms with Crippen molar-refractivity contribution in [2.24, 2.45) is 17.8 Å². The monoisotopic (exact) mass is 650 g/mol. The van der Waals surface area contributed by atoms with E-state index in [1.165, 1.54) is 38.1 Å². The zero-order chi connectivity index (χ0) is 33.0. The van der Waals surface area contributed by atoms with Crippen LogP contribution < -0.4 is 4.74 Å². The fourth-order valence-electron chi connectivity index (χ4n) is 7.68. The van der Waals surface area contributed by atoms with E-state index in [-0.39, 0.29) is 30.9 Å². The van der Waals surface area contributed by atoms with Crippen LogP contribution in [0.3, 0.4) is 0 Å². The highest BCUT2D eigenvalue weighted by molar-refractivity contribution is 8.09. The Morgan fingerprint density at radius 1 is 1.26 bits per heavy atom. The molecule has 46 heavy (non-hydrogen) atoms. The smallest absolute Gasteiger partial charge is 0.329 e. The van der Waals surface area contributed by atoms with Crippen LogP contribution in [0.25, 0.3) is 4.91 Å². The number of ether oxygens (including phenoxy) is 2. The number of nitriles is 1. The number of methoxy groups -OCH3 is 1. The number of nitrogens with zero attached hydrogens (tertiary/aromatic N) is 4. The van der Waals surface area contributed by atoms with Gasteiger partial charge in [-0.25, -0.2) is 19.5 Å². The number of rotatable bonds is 10. The summed E-state index contributed by atoms with van der Waals surface area (Å²) in [6, 6.07) is 8.79. The quantitative estimate of drug-likeness (QED) is 0.362. The molecule has 2 N–H and O–H groups in total. The van der Waals surface area contributed by atoms with Crippen molar-refractivity contribution in [3.8, 4) is 11.8 Å². The van der Waals surface area contributed by atoms with Crippen LogP contribution in [-0.4, -0.2) is 79.2 Å². The fourth-order valence-corrected chi connectivity index (χ4v) is 9.20. The molecule has 3 heterocycles. The molecule has 2 aliphatic heterocycles. The number of thioether (sulfide) groups is 1. The number of hydrogen-bond donors (Lipinski definition) is 2. The van der Waals surface area contributed by atoms with E-state index in [1.807, 2.05) is 24.3 Å². The second-order valence-corrected chi connectivity index (χ2v) is 14.4. The highest BCUT2D eigenvalue weighted by Crippen LogP contribution is 2.54. The van der Waals surface area contributed by atoms with Crippen LogP contribution in [0.4, 0.5) is 4.79 Å². The van der Waals surface area contributed by atoms with Crippen LogP contribution in [0.1, 0.15) is 70.4 Å². The number of benzene rings is 1. The van der Waals surface area contributed by atoms with Gasteiger partial charge in [0, 0.05) is 5.56 Å². The third kappa shape index (κ3) is 5.46. The molecular weight excluding hydrogens is 612 g/mol. The molecule has 2 aliphatic carbocycles. The Morgan fingerprint density at radius 2 is 1.96 bits per heavy atom. The zero-order valence-corrected chi connectivity index (χ0v) is 27.0. The van der Waals surface area contributed by atoms with Gasteiger partial charge in [-0.2, -0.15) is 5.26 Å². The molecule has 12 nitrogen and oxygen atoms in total. The average Bonchev–Trinajstić information content (AvgIpc) is 3.78. The zero-order valence-electron chi connectivity index (χ0n) is 26.2. The third-order valence-electron chi connectivity index (χ3n) is 9.98. The van der Waals surface area contributed by atoms with Crippen molar-refractivity contribution in [1.29, 1.82) is 5.26 Å². The molecule has 2 saturated carbocycles. The van der Waals surface area contributed by atoms with Gasteiger partial charge >= 0.3 is 12.0 Å². The Balaban J connectivity index is 1.35. The molecule has 3 amide bonds. The summed E-state index contributed by atoms with van der Waals surface area (Å²) in [6.07, 6.45) is 4.68. The van der Waals surface area contributed by atoms with E-state index in [4.69, 9.17) is 13.9 Å². The van der Waals surface area contributed by atoms with E-state index in [0.717, 1.165) is 4.90 Å². The van der Waals surface area contributed by atoms with Gasteiger partial charge in [0.15, 0.2) is 0 Å². The maximum absolute atomic E-state index is 14.3. The van der Waals surface area contributed by atoms with Gasteiger partial charge in [0.25, 0.3) is 0 Å². The van der Waals surface area contributed by atoms with Gasteiger partial charge in [0.1, 0.15) is 23.7 Å². The number of aliphatic hydroxyl groups is 1. The third-order valence-corrected chi connectivity index (χ3v) is 11.5. The van der Waals surface area contributed by atoms with Crippen molar-refractivity contribution in [2.45, 2.75) is 81.6 Å². The minimum Gasteiger partial charge on any atom is -0.496 e. The first-order valence-electron chi connectivity index (χ1n) is 15.4. The van der Waals surface area contributed by atoms with Gasteiger partial charge in [0.2, 0.25) is 11.8 Å². The van der Waals surface area contributed by atoms with Crippen LogP contribution >= 0.6 is 11.8 Å². The largest absolute Gasteiger partial charge is 0.496 e. The first-order chi connectivity index (χ1) is 21.9. The Hall–Kier alpha value is -3.86. The van der Waals surface area contributed by atoms with E-state index in [2.05, 4.69) is 11.1 Å². The highest BCUT2D eigenvalue weighted by atomic mass is 32.2. The summed E-state index contributed by atoms with van der Waals surface area (Å²) in [6.45, 7) is 4.49. The van der Waals surface area contributed by atoms with Crippen molar-refractivity contribution >= 4 is 34.6 Å². The molecule has 1 aromatic heterocycles. The number of carbonyl (C=O) groups excluding carboxylic acids is 2. The number of amides is 3. The molecule has 0 radical (unpaired) electrons. The molecule has 4 aliphatic rings. The molecule has 244 valence electrons. The number of hydrogen-bond acceptors (Lipinski definition) is 10. The van der Waals surface area contributed by atoms with E-state index in [0.29, 0.717) is 53.4 Å². The summed E-state index contributed by atoms with van der Waals surface area (Å²) < 4.78 is 18.1. The maximum atomic E-state index is 14.3. The van der Waals surface area contributed by atoms with Gasteiger partial charge in [-0.1, -0.05) is 30.0 Å². The Kier molecular flexibility index (Phi) is 8.41.